The van der Waals surface area contributed by atoms with Crippen molar-refractivity contribution in [3.63, 3.8) is 0 Å². The number of alkyl halides is 3. The lowest BCUT2D eigenvalue weighted by Crippen LogP contribution is -2.41. The molecule has 1 saturated carbocycles. The van der Waals surface area contributed by atoms with Gasteiger partial charge in [-0.1, -0.05) is 37.3 Å². The first-order chi connectivity index (χ1) is 19.7. The molecule has 0 unspecified atom stereocenters. The highest BCUT2D eigenvalue weighted by Crippen LogP contribution is 2.37. The number of ether oxygens (including phenoxy) is 2. The van der Waals surface area contributed by atoms with Crippen molar-refractivity contribution in [1.29, 1.82) is 0 Å². The van der Waals surface area contributed by atoms with E-state index in [1.807, 2.05) is 37.3 Å². The molecule has 3 N–H and O–H groups in total. The van der Waals surface area contributed by atoms with Crippen molar-refractivity contribution in [1.82, 2.24) is 15.3 Å². The van der Waals surface area contributed by atoms with E-state index in [0.717, 1.165) is 30.9 Å². The molecule has 2 aromatic heterocycles. The molecule has 1 aliphatic carbocycles. The summed E-state index contributed by atoms with van der Waals surface area (Å²) >= 11 is 0. The predicted octanol–water partition coefficient (Wildman–Crippen LogP) is 6.19. The van der Waals surface area contributed by atoms with E-state index in [9.17, 15) is 18.0 Å². The molecule has 4 aromatic rings. The van der Waals surface area contributed by atoms with Crippen LogP contribution in [0.15, 0.2) is 59.0 Å². The Balaban J connectivity index is 1.45. The van der Waals surface area contributed by atoms with Gasteiger partial charge in [0.05, 0.1) is 31.9 Å². The number of nitrogens with zero attached hydrogens (tertiary/aromatic N) is 2. The minimum Gasteiger partial charge on any atom is -0.494 e. The third kappa shape index (κ3) is 6.06. The molecule has 8 nitrogen and oxygen atoms in total. The summed E-state index contributed by atoms with van der Waals surface area (Å²) in [6.07, 6.45) is -1.85. The van der Waals surface area contributed by atoms with Gasteiger partial charge in [-0.05, 0) is 55.5 Å². The normalized spacial score (nSPS) is 18.0. The molecule has 0 radical (unpaired) electrons. The molecule has 11 heteroatoms. The number of halogens is 3. The Bertz CT molecular complexity index is 1520. The first-order valence-electron chi connectivity index (χ1n) is 13.5. The van der Waals surface area contributed by atoms with Gasteiger partial charge < -0.3 is 24.9 Å². The first-order valence-corrected chi connectivity index (χ1v) is 13.5. The Kier molecular flexibility index (Phi) is 8.27. The topological polar surface area (TPSA) is 113 Å². The largest absolute Gasteiger partial charge is 0.494 e. The van der Waals surface area contributed by atoms with Gasteiger partial charge in [0.2, 0.25) is 5.89 Å². The number of amides is 1. The summed E-state index contributed by atoms with van der Waals surface area (Å²) in [5, 5.41) is 3.37. The third-order valence-electron chi connectivity index (χ3n) is 7.28. The van der Waals surface area contributed by atoms with Crippen molar-refractivity contribution >= 4 is 16.8 Å². The molecule has 2 heterocycles. The number of carbonyl (C=O) groups is 1. The van der Waals surface area contributed by atoms with Crippen molar-refractivity contribution < 1.29 is 31.9 Å². The number of hydrogen-bond acceptors (Lipinski definition) is 7. The zero-order valence-electron chi connectivity index (χ0n) is 22.7. The lowest BCUT2D eigenvalue weighted by Gasteiger charge is -2.21. The molecule has 41 heavy (non-hydrogen) atoms. The number of methoxy groups -OCH3 is 1. The number of nitrogens with one attached hydrogen (secondary N) is 1. The molecule has 1 aliphatic rings. The number of hydrogen-bond donors (Lipinski definition) is 2. The van der Waals surface area contributed by atoms with Gasteiger partial charge >= 0.3 is 6.18 Å². The molecule has 5 rings (SSSR count). The molecule has 0 bridgehead atoms. The lowest BCUT2D eigenvalue weighted by molar-refractivity contribution is -0.140. The Hall–Kier alpha value is -3.96. The minimum atomic E-state index is -4.63. The molecular weight excluding hydrogens is 537 g/mol. The van der Waals surface area contributed by atoms with Crippen molar-refractivity contribution in [2.45, 2.75) is 63.6 Å². The maximum Gasteiger partial charge on any atom is 0.433 e. The van der Waals surface area contributed by atoms with Gasteiger partial charge in [-0.15, -0.1) is 0 Å². The van der Waals surface area contributed by atoms with Gasteiger partial charge in [-0.2, -0.15) is 13.2 Å². The van der Waals surface area contributed by atoms with Gasteiger partial charge in [0, 0.05) is 10.9 Å². The molecule has 1 fully saturated rings. The number of fused-ring (bicyclic) bond motifs is 1. The summed E-state index contributed by atoms with van der Waals surface area (Å²) in [5.74, 6) is -0.0443. The fourth-order valence-electron chi connectivity index (χ4n) is 5.05. The highest BCUT2D eigenvalue weighted by atomic mass is 19.4. The van der Waals surface area contributed by atoms with E-state index in [2.05, 4.69) is 15.3 Å². The molecule has 3 atom stereocenters. The number of rotatable bonds is 9. The lowest BCUT2D eigenvalue weighted by atomic mass is 10.1. The van der Waals surface area contributed by atoms with E-state index in [0.29, 0.717) is 24.0 Å². The summed E-state index contributed by atoms with van der Waals surface area (Å²) in [6.45, 7) is 2.29. The van der Waals surface area contributed by atoms with Crippen molar-refractivity contribution in [2.75, 3.05) is 7.11 Å². The number of carbonyl (C=O) groups excluding carboxylic acids is 1. The SMILES string of the molecule is CC[C@H](N)c1oc(-c2ccc(OC)c3nc(C(F)(F)F)ccc23)nc1C(=O)N[C@H]1CCC[C@@H]1OCc1ccccc1. The van der Waals surface area contributed by atoms with Crippen LogP contribution in [0.3, 0.4) is 0 Å². The second-order valence-corrected chi connectivity index (χ2v) is 10.00. The van der Waals surface area contributed by atoms with Crippen LogP contribution >= 0.6 is 0 Å². The molecular formula is C30H31F3N4O4. The zero-order chi connectivity index (χ0) is 29.1. The second kappa shape index (κ2) is 11.9. The average molecular weight is 569 g/mol. The van der Waals surface area contributed by atoms with E-state index >= 15 is 0 Å². The predicted molar refractivity (Wildman–Crippen MR) is 146 cm³/mol. The van der Waals surface area contributed by atoms with Crippen molar-refractivity contribution in [3.8, 4) is 17.2 Å². The highest BCUT2D eigenvalue weighted by molar-refractivity contribution is 5.98. The van der Waals surface area contributed by atoms with Gasteiger partial charge in [-0.3, -0.25) is 4.79 Å². The van der Waals surface area contributed by atoms with Crippen LogP contribution in [-0.4, -0.2) is 35.1 Å². The molecule has 216 valence electrons. The summed E-state index contributed by atoms with van der Waals surface area (Å²) < 4.78 is 57.6. The second-order valence-electron chi connectivity index (χ2n) is 10.00. The summed E-state index contributed by atoms with van der Waals surface area (Å²) in [5.41, 5.74) is 6.68. The van der Waals surface area contributed by atoms with Gasteiger partial charge in [0.15, 0.2) is 11.5 Å². The standard InChI is InChI=1S/C30H31F3N4O4/c1-3-20(34)27-26(28(38)35-21-10-7-11-22(21)40-16-17-8-5-4-6-9-17)37-29(41-27)19-12-14-23(39-2)25-18(19)13-15-24(36-25)30(31,32)33/h4-6,8-9,12-15,20-22H,3,7,10-11,16,34H2,1-2H3,(H,35,38)/t20-,21-,22-/m0/s1. The molecule has 0 saturated heterocycles. The van der Waals surface area contributed by atoms with Crippen LogP contribution in [0.2, 0.25) is 0 Å². The van der Waals surface area contributed by atoms with E-state index < -0.39 is 23.8 Å². The van der Waals surface area contributed by atoms with Crippen LogP contribution in [-0.2, 0) is 17.5 Å². The number of pyridine rings is 1. The van der Waals surface area contributed by atoms with E-state index in [4.69, 9.17) is 19.6 Å². The quantitative estimate of drug-likeness (QED) is 0.247. The molecule has 1 amide bonds. The summed E-state index contributed by atoms with van der Waals surface area (Å²) in [6, 6.07) is 14.2. The van der Waals surface area contributed by atoms with E-state index in [-0.39, 0.29) is 40.8 Å². The van der Waals surface area contributed by atoms with Crippen molar-refractivity contribution in [2.24, 2.45) is 5.73 Å². The first kappa shape index (κ1) is 28.6. The smallest absolute Gasteiger partial charge is 0.433 e. The Morgan fingerprint density at radius 2 is 1.90 bits per heavy atom. The Morgan fingerprint density at radius 3 is 2.61 bits per heavy atom. The molecule has 0 spiro atoms. The minimum absolute atomic E-state index is 0.00488. The average Bonchev–Trinajstić information content (AvgIpc) is 3.62. The van der Waals surface area contributed by atoms with Gasteiger partial charge in [-0.25, -0.2) is 9.97 Å². The summed E-state index contributed by atoms with van der Waals surface area (Å²) in [4.78, 5) is 21.8. The van der Waals surface area contributed by atoms with Crippen LogP contribution < -0.4 is 15.8 Å². The zero-order valence-corrected chi connectivity index (χ0v) is 22.7. The third-order valence-corrected chi connectivity index (χ3v) is 7.28. The Labute approximate surface area is 235 Å². The Morgan fingerprint density at radius 1 is 1.12 bits per heavy atom. The molecule has 2 aromatic carbocycles. The maximum atomic E-state index is 13.5. The summed E-state index contributed by atoms with van der Waals surface area (Å²) in [7, 11) is 1.35. The van der Waals surface area contributed by atoms with Crippen LogP contribution in [0.4, 0.5) is 13.2 Å². The van der Waals surface area contributed by atoms with Crippen LogP contribution in [0, 0.1) is 0 Å². The molecule has 0 aliphatic heterocycles. The fraction of sp³-hybridized carbons (Fsp3) is 0.367. The number of aromatic nitrogens is 2. The van der Waals surface area contributed by atoms with Crippen molar-refractivity contribution in [3.05, 3.63) is 77.3 Å². The van der Waals surface area contributed by atoms with E-state index in [1.54, 1.807) is 6.07 Å². The number of benzene rings is 2. The van der Waals surface area contributed by atoms with Crippen LogP contribution in [0.25, 0.3) is 22.4 Å². The number of nitrogens with two attached hydrogens (primary N) is 1. The van der Waals surface area contributed by atoms with E-state index in [1.165, 1.54) is 19.2 Å². The fourth-order valence-corrected chi connectivity index (χ4v) is 5.05. The van der Waals surface area contributed by atoms with Crippen LogP contribution in [0.1, 0.15) is 66.2 Å². The highest BCUT2D eigenvalue weighted by Gasteiger charge is 2.34. The maximum absolute atomic E-state index is 13.5. The van der Waals surface area contributed by atoms with Gasteiger partial charge in [0.1, 0.15) is 17.0 Å². The monoisotopic (exact) mass is 568 g/mol. The van der Waals surface area contributed by atoms with Crippen LogP contribution in [0.5, 0.6) is 5.75 Å². The number of oxazole rings is 1. The van der Waals surface area contributed by atoms with Gasteiger partial charge in [0.25, 0.3) is 5.91 Å².